The van der Waals surface area contributed by atoms with Crippen LogP contribution in [-0.4, -0.2) is 0 Å². The topological polar surface area (TPSA) is 0 Å². The van der Waals surface area contributed by atoms with Gasteiger partial charge < -0.3 is 0 Å². The summed E-state index contributed by atoms with van der Waals surface area (Å²) in [6, 6.07) is 0. The first-order valence-corrected chi connectivity index (χ1v) is 3.31. The number of rotatable bonds is 2. The standard InChI is InChI=1S/C8H16/c1-5-6-8(4)7(2)3/h5-8H,1-4H3/b6-5-/t8-/m0/s1. The molecule has 0 nitrogen and oxygen atoms in total. The predicted octanol–water partition coefficient (Wildman–Crippen LogP) is 2.85. The fraction of sp³-hybridized carbons (Fsp3) is 0.750. The van der Waals surface area contributed by atoms with Crippen LogP contribution in [0.5, 0.6) is 0 Å². The monoisotopic (exact) mass is 112 g/mol. The third-order valence-corrected chi connectivity index (χ3v) is 1.55. The molecule has 0 heterocycles. The minimum absolute atomic E-state index is 0.736. The predicted molar refractivity (Wildman–Crippen MR) is 38.8 cm³/mol. The lowest BCUT2D eigenvalue weighted by atomic mass is 9.98. The molecule has 0 unspecified atom stereocenters. The minimum atomic E-state index is 0.736. The van der Waals surface area contributed by atoms with E-state index in [-0.39, 0.29) is 0 Å². The number of hydrogen-bond acceptors (Lipinski definition) is 0. The zero-order valence-corrected chi connectivity index (χ0v) is 6.31. The minimum Gasteiger partial charge on any atom is -0.0914 e. The van der Waals surface area contributed by atoms with Crippen molar-refractivity contribution in [2.75, 3.05) is 0 Å². The summed E-state index contributed by atoms with van der Waals surface area (Å²) in [4.78, 5) is 0. The molecular weight excluding hydrogens is 96.1 g/mol. The Balaban J connectivity index is 3.47. The van der Waals surface area contributed by atoms with E-state index in [9.17, 15) is 0 Å². The van der Waals surface area contributed by atoms with Gasteiger partial charge in [0.1, 0.15) is 0 Å². The van der Waals surface area contributed by atoms with E-state index in [2.05, 4.69) is 39.8 Å². The Bertz CT molecular complexity index is 70.1. The lowest BCUT2D eigenvalue weighted by Crippen LogP contribution is -1.98. The van der Waals surface area contributed by atoms with Gasteiger partial charge in [0, 0.05) is 0 Å². The molecule has 0 saturated heterocycles. The van der Waals surface area contributed by atoms with Crippen molar-refractivity contribution >= 4 is 0 Å². The van der Waals surface area contributed by atoms with Crippen molar-refractivity contribution in [2.45, 2.75) is 27.7 Å². The molecule has 0 amide bonds. The molecule has 0 heteroatoms. The van der Waals surface area contributed by atoms with Crippen molar-refractivity contribution in [3.63, 3.8) is 0 Å². The highest BCUT2D eigenvalue weighted by molar-refractivity contribution is 4.84. The SMILES string of the molecule is C/C=C\[C@H](C)C(C)C. The molecule has 0 aromatic heterocycles. The van der Waals surface area contributed by atoms with Crippen LogP contribution in [0.2, 0.25) is 0 Å². The second kappa shape index (κ2) is 3.71. The van der Waals surface area contributed by atoms with Crippen LogP contribution < -0.4 is 0 Å². The Morgan fingerprint density at radius 2 is 1.62 bits per heavy atom. The Hall–Kier alpha value is -0.260. The zero-order valence-electron chi connectivity index (χ0n) is 6.31. The molecule has 0 N–H and O–H groups in total. The summed E-state index contributed by atoms with van der Waals surface area (Å²) in [5.41, 5.74) is 0. The molecule has 0 aromatic rings. The summed E-state index contributed by atoms with van der Waals surface area (Å²) in [7, 11) is 0. The third-order valence-electron chi connectivity index (χ3n) is 1.55. The molecule has 0 rings (SSSR count). The molecule has 0 spiro atoms. The summed E-state index contributed by atoms with van der Waals surface area (Å²) >= 11 is 0. The summed E-state index contributed by atoms with van der Waals surface area (Å²) < 4.78 is 0. The quantitative estimate of drug-likeness (QED) is 0.482. The first-order chi connectivity index (χ1) is 3.68. The first kappa shape index (κ1) is 7.74. The highest BCUT2D eigenvalue weighted by Crippen LogP contribution is 2.09. The second-order valence-corrected chi connectivity index (χ2v) is 2.63. The summed E-state index contributed by atoms with van der Waals surface area (Å²) in [5, 5.41) is 0. The molecule has 1 atom stereocenters. The first-order valence-electron chi connectivity index (χ1n) is 3.31. The van der Waals surface area contributed by atoms with E-state index in [0.29, 0.717) is 0 Å². The van der Waals surface area contributed by atoms with Crippen molar-refractivity contribution < 1.29 is 0 Å². The van der Waals surface area contributed by atoms with Crippen molar-refractivity contribution in [3.8, 4) is 0 Å². The lowest BCUT2D eigenvalue weighted by Gasteiger charge is -2.08. The maximum absolute atomic E-state index is 2.24. The van der Waals surface area contributed by atoms with Crippen LogP contribution in [-0.2, 0) is 0 Å². The van der Waals surface area contributed by atoms with Gasteiger partial charge in [-0.1, -0.05) is 32.9 Å². The summed E-state index contributed by atoms with van der Waals surface area (Å²) in [6.07, 6.45) is 4.36. The third kappa shape index (κ3) is 2.84. The zero-order chi connectivity index (χ0) is 6.57. The molecule has 8 heavy (non-hydrogen) atoms. The van der Waals surface area contributed by atoms with Gasteiger partial charge in [0.15, 0.2) is 0 Å². The maximum Gasteiger partial charge on any atom is -0.0239 e. The van der Waals surface area contributed by atoms with Crippen LogP contribution >= 0.6 is 0 Å². The molecule has 0 aliphatic heterocycles. The molecule has 0 aliphatic carbocycles. The van der Waals surface area contributed by atoms with Crippen LogP contribution in [0, 0.1) is 11.8 Å². The van der Waals surface area contributed by atoms with Crippen molar-refractivity contribution in [2.24, 2.45) is 11.8 Å². The van der Waals surface area contributed by atoms with E-state index in [1.807, 2.05) is 0 Å². The smallest absolute Gasteiger partial charge is 0.0239 e. The van der Waals surface area contributed by atoms with Crippen molar-refractivity contribution in [1.29, 1.82) is 0 Å². The van der Waals surface area contributed by atoms with E-state index in [1.54, 1.807) is 0 Å². The molecular formula is C8H16. The maximum atomic E-state index is 2.24. The summed E-state index contributed by atoms with van der Waals surface area (Å²) in [5.74, 6) is 1.52. The molecule has 0 aliphatic rings. The van der Waals surface area contributed by atoms with Crippen molar-refractivity contribution in [1.82, 2.24) is 0 Å². The molecule has 0 radical (unpaired) electrons. The van der Waals surface area contributed by atoms with Crippen LogP contribution in [0.4, 0.5) is 0 Å². The van der Waals surface area contributed by atoms with Crippen LogP contribution in [0.1, 0.15) is 27.7 Å². The Morgan fingerprint density at radius 1 is 1.12 bits per heavy atom. The van der Waals surface area contributed by atoms with E-state index in [0.717, 1.165) is 11.8 Å². The van der Waals surface area contributed by atoms with Crippen LogP contribution in [0.15, 0.2) is 12.2 Å². The molecule has 0 bridgehead atoms. The largest absolute Gasteiger partial charge is 0.0914 e. The van der Waals surface area contributed by atoms with Crippen LogP contribution in [0.25, 0.3) is 0 Å². The number of allylic oxidation sites excluding steroid dienone is 2. The highest BCUT2D eigenvalue weighted by atomic mass is 14.0. The van der Waals surface area contributed by atoms with Gasteiger partial charge >= 0.3 is 0 Å². The average molecular weight is 112 g/mol. The van der Waals surface area contributed by atoms with Gasteiger partial charge in [-0.2, -0.15) is 0 Å². The van der Waals surface area contributed by atoms with Gasteiger partial charge in [-0.05, 0) is 18.8 Å². The van der Waals surface area contributed by atoms with E-state index < -0.39 is 0 Å². The number of hydrogen-bond donors (Lipinski definition) is 0. The van der Waals surface area contributed by atoms with E-state index >= 15 is 0 Å². The van der Waals surface area contributed by atoms with Gasteiger partial charge in [0.2, 0.25) is 0 Å². The second-order valence-electron chi connectivity index (χ2n) is 2.63. The van der Waals surface area contributed by atoms with Gasteiger partial charge in [-0.25, -0.2) is 0 Å². The average Bonchev–Trinajstić information content (AvgIpc) is 1.67. The van der Waals surface area contributed by atoms with Gasteiger partial charge in [-0.15, -0.1) is 0 Å². The lowest BCUT2D eigenvalue weighted by molar-refractivity contribution is 0.504. The van der Waals surface area contributed by atoms with Gasteiger partial charge in [0.25, 0.3) is 0 Å². The Kier molecular flexibility index (Phi) is 3.59. The van der Waals surface area contributed by atoms with E-state index in [4.69, 9.17) is 0 Å². The van der Waals surface area contributed by atoms with Gasteiger partial charge in [-0.3, -0.25) is 0 Å². The Labute approximate surface area is 52.6 Å². The highest BCUT2D eigenvalue weighted by Gasteiger charge is 1.99. The van der Waals surface area contributed by atoms with Crippen molar-refractivity contribution in [3.05, 3.63) is 12.2 Å². The fourth-order valence-corrected chi connectivity index (χ4v) is 0.526. The van der Waals surface area contributed by atoms with E-state index in [1.165, 1.54) is 0 Å². The summed E-state index contributed by atoms with van der Waals surface area (Å²) in [6.45, 7) is 8.79. The molecule has 0 fully saturated rings. The fourth-order valence-electron chi connectivity index (χ4n) is 0.526. The van der Waals surface area contributed by atoms with Gasteiger partial charge in [0.05, 0.1) is 0 Å². The molecule has 48 valence electrons. The Morgan fingerprint density at radius 3 is 1.75 bits per heavy atom. The molecule has 0 saturated carbocycles. The normalized spacial score (nSPS) is 15.6. The molecule has 0 aromatic carbocycles. The van der Waals surface area contributed by atoms with Crippen LogP contribution in [0.3, 0.4) is 0 Å².